The standard InChI is InChI=1S/C8H14O4S/c1-3-5-8(9)12-6-7-13(10,11)4-2/h3,5H,4,6-7H2,1-2H3. The minimum Gasteiger partial charge on any atom is -0.461 e. The molecule has 0 aromatic rings. The van der Waals surface area contributed by atoms with Crippen LogP contribution < -0.4 is 0 Å². The molecule has 0 bridgehead atoms. The van der Waals surface area contributed by atoms with Gasteiger partial charge in [0.15, 0.2) is 9.84 Å². The van der Waals surface area contributed by atoms with E-state index in [1.165, 1.54) is 12.2 Å². The summed E-state index contributed by atoms with van der Waals surface area (Å²) in [6.45, 7) is 3.17. The van der Waals surface area contributed by atoms with E-state index in [4.69, 9.17) is 0 Å². The van der Waals surface area contributed by atoms with Crippen LogP contribution in [0.5, 0.6) is 0 Å². The quantitative estimate of drug-likeness (QED) is 0.486. The molecule has 0 amide bonds. The van der Waals surface area contributed by atoms with Crippen molar-refractivity contribution in [2.24, 2.45) is 0 Å². The molecule has 0 atom stereocenters. The summed E-state index contributed by atoms with van der Waals surface area (Å²) < 4.78 is 26.5. The highest BCUT2D eigenvalue weighted by Crippen LogP contribution is 1.90. The lowest BCUT2D eigenvalue weighted by atomic mass is 10.5. The minimum absolute atomic E-state index is 0.0701. The van der Waals surface area contributed by atoms with Crippen LogP contribution >= 0.6 is 0 Å². The zero-order valence-electron chi connectivity index (χ0n) is 7.82. The molecule has 76 valence electrons. The van der Waals surface area contributed by atoms with Gasteiger partial charge < -0.3 is 4.74 Å². The average molecular weight is 206 g/mol. The van der Waals surface area contributed by atoms with E-state index in [0.29, 0.717) is 0 Å². The molecule has 0 rings (SSSR count). The maximum absolute atomic E-state index is 10.9. The van der Waals surface area contributed by atoms with Crippen LogP contribution in [0, 0.1) is 0 Å². The number of carbonyl (C=O) groups is 1. The summed E-state index contributed by atoms with van der Waals surface area (Å²) in [5.41, 5.74) is 0. The highest BCUT2D eigenvalue weighted by Gasteiger charge is 2.07. The number of ether oxygens (including phenoxy) is 1. The summed E-state index contributed by atoms with van der Waals surface area (Å²) >= 11 is 0. The normalized spacial score (nSPS) is 11.8. The molecule has 5 heteroatoms. The Labute approximate surface area is 78.5 Å². The van der Waals surface area contributed by atoms with Crippen LogP contribution in [0.15, 0.2) is 12.2 Å². The van der Waals surface area contributed by atoms with Gasteiger partial charge in [0.05, 0.1) is 5.75 Å². The van der Waals surface area contributed by atoms with Crippen molar-refractivity contribution in [1.82, 2.24) is 0 Å². The van der Waals surface area contributed by atoms with Crippen molar-refractivity contribution in [3.63, 3.8) is 0 Å². The molecule has 0 saturated heterocycles. The van der Waals surface area contributed by atoms with Crippen LogP contribution in [-0.2, 0) is 19.4 Å². The van der Waals surface area contributed by atoms with Gasteiger partial charge in [-0.05, 0) is 6.92 Å². The minimum atomic E-state index is -3.03. The van der Waals surface area contributed by atoms with E-state index >= 15 is 0 Å². The fraction of sp³-hybridized carbons (Fsp3) is 0.625. The number of esters is 1. The van der Waals surface area contributed by atoms with Crippen LogP contribution in [-0.4, -0.2) is 32.5 Å². The number of sulfone groups is 1. The zero-order chi connectivity index (χ0) is 10.3. The van der Waals surface area contributed by atoms with Crippen molar-refractivity contribution in [2.45, 2.75) is 13.8 Å². The second kappa shape index (κ2) is 5.75. The molecular weight excluding hydrogens is 192 g/mol. The van der Waals surface area contributed by atoms with E-state index in [-0.39, 0.29) is 18.1 Å². The Kier molecular flexibility index (Phi) is 5.37. The Hall–Kier alpha value is -0.840. The maximum atomic E-state index is 10.9. The van der Waals surface area contributed by atoms with E-state index in [0.717, 1.165) is 0 Å². The Morgan fingerprint density at radius 3 is 2.54 bits per heavy atom. The second-order valence-corrected chi connectivity index (χ2v) is 4.88. The van der Waals surface area contributed by atoms with E-state index < -0.39 is 15.8 Å². The molecule has 0 N–H and O–H groups in total. The van der Waals surface area contributed by atoms with Crippen molar-refractivity contribution in [1.29, 1.82) is 0 Å². The summed E-state index contributed by atoms with van der Waals surface area (Å²) in [6, 6.07) is 0. The van der Waals surface area contributed by atoms with Gasteiger partial charge >= 0.3 is 5.97 Å². The third kappa shape index (κ3) is 6.33. The van der Waals surface area contributed by atoms with Gasteiger partial charge in [0.25, 0.3) is 0 Å². The molecule has 13 heavy (non-hydrogen) atoms. The molecule has 0 aliphatic rings. The average Bonchev–Trinajstić information content (AvgIpc) is 2.05. The summed E-state index contributed by atoms with van der Waals surface area (Å²) in [5, 5.41) is 0. The number of hydrogen-bond donors (Lipinski definition) is 0. The highest BCUT2D eigenvalue weighted by molar-refractivity contribution is 7.91. The SMILES string of the molecule is CC=CC(=O)OCCS(=O)(=O)CC. The predicted octanol–water partition coefficient (Wildman–Crippen LogP) is 0.540. The maximum Gasteiger partial charge on any atom is 0.330 e. The van der Waals surface area contributed by atoms with Crippen LogP contribution in [0.4, 0.5) is 0 Å². The number of allylic oxidation sites excluding steroid dienone is 1. The van der Waals surface area contributed by atoms with Crippen molar-refractivity contribution >= 4 is 15.8 Å². The molecule has 0 radical (unpaired) electrons. The summed E-state index contributed by atoms with van der Waals surface area (Å²) in [6.07, 6.45) is 2.79. The van der Waals surface area contributed by atoms with Gasteiger partial charge in [-0.3, -0.25) is 0 Å². The summed E-state index contributed by atoms with van der Waals surface area (Å²) in [5.74, 6) is -0.533. The first-order chi connectivity index (χ1) is 6.02. The third-order valence-corrected chi connectivity index (χ3v) is 3.05. The van der Waals surface area contributed by atoms with Crippen molar-refractivity contribution < 1.29 is 17.9 Å². The lowest BCUT2D eigenvalue weighted by molar-refractivity contribution is -0.137. The van der Waals surface area contributed by atoms with Crippen LogP contribution in [0.3, 0.4) is 0 Å². The first-order valence-corrected chi connectivity index (χ1v) is 5.84. The van der Waals surface area contributed by atoms with E-state index in [1.54, 1.807) is 13.8 Å². The largest absolute Gasteiger partial charge is 0.461 e. The Morgan fingerprint density at radius 2 is 2.08 bits per heavy atom. The summed E-state index contributed by atoms with van der Waals surface area (Å²) in [4.78, 5) is 10.7. The highest BCUT2D eigenvalue weighted by atomic mass is 32.2. The lowest BCUT2D eigenvalue weighted by Gasteiger charge is -2.01. The first-order valence-electron chi connectivity index (χ1n) is 4.01. The Balaban J connectivity index is 3.75. The van der Waals surface area contributed by atoms with E-state index in [2.05, 4.69) is 4.74 Å². The fourth-order valence-corrected chi connectivity index (χ4v) is 1.22. The molecule has 0 unspecified atom stereocenters. The zero-order valence-corrected chi connectivity index (χ0v) is 8.63. The van der Waals surface area contributed by atoms with Gasteiger partial charge in [0.2, 0.25) is 0 Å². The number of rotatable bonds is 5. The molecule has 0 fully saturated rings. The molecular formula is C8H14O4S. The van der Waals surface area contributed by atoms with Crippen molar-refractivity contribution in [3.05, 3.63) is 12.2 Å². The Morgan fingerprint density at radius 1 is 1.46 bits per heavy atom. The monoisotopic (exact) mass is 206 g/mol. The van der Waals surface area contributed by atoms with Gasteiger partial charge in [-0.2, -0.15) is 0 Å². The van der Waals surface area contributed by atoms with E-state index in [9.17, 15) is 13.2 Å². The molecule has 0 aliphatic carbocycles. The van der Waals surface area contributed by atoms with Crippen LogP contribution in [0.25, 0.3) is 0 Å². The van der Waals surface area contributed by atoms with Crippen molar-refractivity contribution in [3.8, 4) is 0 Å². The van der Waals surface area contributed by atoms with Crippen LogP contribution in [0.1, 0.15) is 13.8 Å². The molecule has 0 spiro atoms. The van der Waals surface area contributed by atoms with E-state index in [1.807, 2.05) is 0 Å². The van der Waals surface area contributed by atoms with Crippen molar-refractivity contribution in [2.75, 3.05) is 18.1 Å². The fourth-order valence-electron chi connectivity index (χ4n) is 0.598. The molecule has 0 aliphatic heterocycles. The second-order valence-electron chi connectivity index (χ2n) is 2.40. The Bertz CT molecular complexity index is 277. The van der Waals surface area contributed by atoms with Gasteiger partial charge in [-0.25, -0.2) is 13.2 Å². The lowest BCUT2D eigenvalue weighted by Crippen LogP contribution is -2.15. The van der Waals surface area contributed by atoms with Gasteiger partial charge in [0.1, 0.15) is 6.61 Å². The predicted molar refractivity (Wildman–Crippen MR) is 50.1 cm³/mol. The molecule has 0 aromatic carbocycles. The molecule has 0 saturated carbocycles. The first kappa shape index (κ1) is 12.2. The smallest absolute Gasteiger partial charge is 0.330 e. The molecule has 0 aromatic heterocycles. The van der Waals surface area contributed by atoms with Crippen LogP contribution in [0.2, 0.25) is 0 Å². The van der Waals surface area contributed by atoms with Gasteiger partial charge in [0, 0.05) is 11.8 Å². The van der Waals surface area contributed by atoms with Gasteiger partial charge in [-0.15, -0.1) is 0 Å². The molecule has 0 heterocycles. The number of hydrogen-bond acceptors (Lipinski definition) is 4. The number of carbonyl (C=O) groups excluding carboxylic acids is 1. The van der Waals surface area contributed by atoms with Gasteiger partial charge in [-0.1, -0.05) is 13.0 Å². The topological polar surface area (TPSA) is 60.4 Å². The summed E-state index contributed by atoms with van der Waals surface area (Å²) in [7, 11) is -3.03. The molecule has 4 nitrogen and oxygen atoms in total. The third-order valence-electron chi connectivity index (χ3n) is 1.38.